The molecule has 0 fully saturated rings. The highest BCUT2D eigenvalue weighted by molar-refractivity contribution is 5.97. The zero-order chi connectivity index (χ0) is 24.6. The molecule has 2 atom stereocenters. The summed E-state index contributed by atoms with van der Waals surface area (Å²) in [5.74, 6) is 0.00838. The molecular weight excluding hydrogens is 438 g/mol. The lowest BCUT2D eigenvalue weighted by Crippen LogP contribution is -2.44. The highest BCUT2D eigenvalue weighted by Crippen LogP contribution is 2.35. The Balaban J connectivity index is 1.58. The molecule has 0 spiro atoms. The second-order valence-electron chi connectivity index (χ2n) is 9.00. The maximum Gasteiger partial charge on any atom is 0.234 e. The van der Waals surface area contributed by atoms with Gasteiger partial charge in [0.1, 0.15) is 5.75 Å². The molecule has 0 saturated carbocycles. The van der Waals surface area contributed by atoms with Crippen LogP contribution in [0.4, 0.5) is 5.69 Å². The zero-order valence-electron chi connectivity index (χ0n) is 20.2. The fourth-order valence-corrected chi connectivity index (χ4v) is 4.63. The van der Waals surface area contributed by atoms with Crippen molar-refractivity contribution in [3.05, 3.63) is 95.6 Å². The van der Waals surface area contributed by atoms with E-state index in [9.17, 15) is 9.59 Å². The minimum Gasteiger partial charge on any atom is -0.493 e. The third kappa shape index (κ3) is 6.28. The van der Waals surface area contributed by atoms with Gasteiger partial charge >= 0.3 is 0 Å². The molecule has 3 N–H and O–H groups in total. The van der Waals surface area contributed by atoms with E-state index >= 15 is 0 Å². The summed E-state index contributed by atoms with van der Waals surface area (Å²) < 4.78 is 6.08. The molecule has 0 unspecified atom stereocenters. The van der Waals surface area contributed by atoms with Gasteiger partial charge in [-0.2, -0.15) is 0 Å². The Bertz CT molecular complexity index is 1130. The van der Waals surface area contributed by atoms with Crippen LogP contribution < -0.4 is 20.7 Å². The highest BCUT2D eigenvalue weighted by atomic mass is 16.5. The number of likely N-dealkylation sites (N-methyl/N-ethyl adjacent to an activating group) is 1. The Kier molecular flexibility index (Phi) is 8.16. The summed E-state index contributed by atoms with van der Waals surface area (Å²) in [7, 11) is 1.70. The first-order chi connectivity index (χ1) is 17.0. The summed E-state index contributed by atoms with van der Waals surface area (Å²) >= 11 is 0. The molecule has 0 aromatic heterocycles. The zero-order valence-corrected chi connectivity index (χ0v) is 20.2. The van der Waals surface area contributed by atoms with Gasteiger partial charge in [-0.15, -0.1) is 0 Å². The van der Waals surface area contributed by atoms with Crippen molar-refractivity contribution in [2.45, 2.75) is 38.3 Å². The predicted molar refractivity (Wildman–Crippen MR) is 138 cm³/mol. The summed E-state index contributed by atoms with van der Waals surface area (Å²) in [4.78, 5) is 27.5. The molecule has 182 valence electrons. The van der Waals surface area contributed by atoms with Crippen LogP contribution in [0.2, 0.25) is 0 Å². The minimum atomic E-state index is -0.541. The SMILES string of the molecule is CN[C@@H](C[C@@H]1CCc2ccc(OCCc3ccccc3)cc2N(Cc2ccccc2)C1=O)C(N)=O. The normalized spacial score (nSPS) is 16.3. The molecule has 0 radical (unpaired) electrons. The van der Waals surface area contributed by atoms with Crippen LogP contribution in [0.5, 0.6) is 5.75 Å². The maximum atomic E-state index is 13.8. The number of nitrogens with one attached hydrogen (secondary N) is 1. The molecule has 3 aromatic carbocycles. The Morgan fingerprint density at radius 3 is 2.40 bits per heavy atom. The standard InChI is InChI=1S/C29H33N3O3/c1-31-26(28(30)33)18-24-13-12-23-14-15-25(35-17-16-21-8-4-2-5-9-21)19-27(23)32(29(24)34)20-22-10-6-3-7-11-22/h2-11,14-15,19,24,26,31H,12-13,16-18,20H2,1H3,(H2,30,33)/t24-,26-/m0/s1. The van der Waals surface area contributed by atoms with Gasteiger partial charge in [0.15, 0.2) is 0 Å². The monoisotopic (exact) mass is 471 g/mol. The van der Waals surface area contributed by atoms with Crippen LogP contribution in [0.15, 0.2) is 78.9 Å². The van der Waals surface area contributed by atoms with Gasteiger partial charge in [-0.05, 0) is 49.1 Å². The molecule has 6 heteroatoms. The molecule has 3 aromatic rings. The number of carbonyl (C=O) groups excluding carboxylic acids is 2. The van der Waals surface area contributed by atoms with Crippen molar-refractivity contribution in [2.75, 3.05) is 18.6 Å². The number of hydrogen-bond acceptors (Lipinski definition) is 4. The summed E-state index contributed by atoms with van der Waals surface area (Å²) in [5, 5.41) is 2.96. The van der Waals surface area contributed by atoms with Gasteiger partial charge in [-0.3, -0.25) is 9.59 Å². The number of fused-ring (bicyclic) bond motifs is 1. The number of rotatable bonds is 10. The number of aryl methyl sites for hydroxylation is 1. The van der Waals surface area contributed by atoms with Crippen molar-refractivity contribution in [1.82, 2.24) is 5.32 Å². The molecule has 35 heavy (non-hydrogen) atoms. The van der Waals surface area contributed by atoms with Crippen LogP contribution in [-0.2, 0) is 29.0 Å². The number of primary amides is 1. The topological polar surface area (TPSA) is 84.7 Å². The predicted octanol–water partition coefficient (Wildman–Crippen LogP) is 3.87. The van der Waals surface area contributed by atoms with Crippen LogP contribution >= 0.6 is 0 Å². The van der Waals surface area contributed by atoms with Crippen LogP contribution in [-0.4, -0.2) is 31.5 Å². The van der Waals surface area contributed by atoms with E-state index in [1.54, 1.807) is 7.05 Å². The second kappa shape index (κ2) is 11.7. The molecule has 2 amide bonds. The van der Waals surface area contributed by atoms with E-state index in [0.29, 0.717) is 26.0 Å². The molecule has 0 saturated heterocycles. The lowest BCUT2D eigenvalue weighted by Gasteiger charge is -2.27. The van der Waals surface area contributed by atoms with E-state index in [1.165, 1.54) is 5.56 Å². The van der Waals surface area contributed by atoms with Gasteiger partial charge < -0.3 is 20.7 Å². The van der Waals surface area contributed by atoms with Crippen molar-refractivity contribution in [3.63, 3.8) is 0 Å². The van der Waals surface area contributed by atoms with Crippen LogP contribution in [0.1, 0.15) is 29.5 Å². The summed E-state index contributed by atoms with van der Waals surface area (Å²) in [5.41, 5.74) is 9.80. The molecule has 0 aliphatic carbocycles. The number of anilines is 1. The molecular formula is C29H33N3O3. The van der Waals surface area contributed by atoms with Crippen LogP contribution in [0.3, 0.4) is 0 Å². The minimum absolute atomic E-state index is 0.00976. The molecule has 4 rings (SSSR count). The lowest BCUT2D eigenvalue weighted by molar-refractivity contribution is -0.124. The van der Waals surface area contributed by atoms with Crippen molar-refractivity contribution < 1.29 is 14.3 Å². The molecule has 0 bridgehead atoms. The van der Waals surface area contributed by atoms with Gasteiger partial charge in [0.25, 0.3) is 0 Å². The van der Waals surface area contributed by atoms with Gasteiger partial charge in [0.2, 0.25) is 11.8 Å². The van der Waals surface area contributed by atoms with Gasteiger partial charge in [-0.1, -0.05) is 66.7 Å². The van der Waals surface area contributed by atoms with Gasteiger partial charge in [-0.25, -0.2) is 0 Å². The number of ether oxygens (including phenoxy) is 1. The van der Waals surface area contributed by atoms with Gasteiger partial charge in [0, 0.05) is 18.4 Å². The Labute approximate surface area is 207 Å². The number of nitrogens with two attached hydrogens (primary N) is 1. The first kappa shape index (κ1) is 24.5. The van der Waals surface area contributed by atoms with Crippen LogP contribution in [0.25, 0.3) is 0 Å². The smallest absolute Gasteiger partial charge is 0.234 e. The highest BCUT2D eigenvalue weighted by Gasteiger charge is 2.33. The first-order valence-corrected chi connectivity index (χ1v) is 12.2. The Morgan fingerprint density at radius 1 is 1.06 bits per heavy atom. The van der Waals surface area contributed by atoms with E-state index in [-0.39, 0.29) is 11.8 Å². The molecule has 1 aliphatic heterocycles. The Morgan fingerprint density at radius 2 is 1.74 bits per heavy atom. The van der Waals surface area contributed by atoms with E-state index in [1.807, 2.05) is 65.6 Å². The molecule has 1 heterocycles. The summed E-state index contributed by atoms with van der Waals surface area (Å²) in [6.07, 6.45) is 2.60. The number of hydrogen-bond donors (Lipinski definition) is 2. The fraction of sp³-hybridized carbons (Fsp3) is 0.310. The maximum absolute atomic E-state index is 13.8. The largest absolute Gasteiger partial charge is 0.493 e. The van der Waals surface area contributed by atoms with E-state index in [0.717, 1.165) is 35.4 Å². The van der Waals surface area contributed by atoms with Crippen LogP contribution in [0, 0.1) is 5.92 Å². The number of benzene rings is 3. The fourth-order valence-electron chi connectivity index (χ4n) is 4.63. The van der Waals surface area contributed by atoms with E-state index < -0.39 is 11.9 Å². The third-order valence-corrected chi connectivity index (χ3v) is 6.62. The average Bonchev–Trinajstić information content (AvgIpc) is 3.00. The quantitative estimate of drug-likeness (QED) is 0.470. The lowest BCUT2D eigenvalue weighted by atomic mass is 9.93. The number of amides is 2. The van der Waals surface area contributed by atoms with Crippen molar-refractivity contribution in [2.24, 2.45) is 11.7 Å². The second-order valence-corrected chi connectivity index (χ2v) is 9.00. The third-order valence-electron chi connectivity index (χ3n) is 6.62. The first-order valence-electron chi connectivity index (χ1n) is 12.2. The van der Waals surface area contributed by atoms with Crippen molar-refractivity contribution in [3.8, 4) is 5.75 Å². The van der Waals surface area contributed by atoms with Crippen molar-refractivity contribution >= 4 is 17.5 Å². The average molecular weight is 472 g/mol. The van der Waals surface area contributed by atoms with Gasteiger partial charge in [0.05, 0.1) is 24.9 Å². The number of carbonyl (C=O) groups is 2. The van der Waals surface area contributed by atoms with E-state index in [2.05, 4.69) is 23.5 Å². The Hall–Kier alpha value is -3.64. The number of nitrogens with zero attached hydrogens (tertiary/aromatic N) is 1. The van der Waals surface area contributed by atoms with Crippen molar-refractivity contribution in [1.29, 1.82) is 0 Å². The summed E-state index contributed by atoms with van der Waals surface area (Å²) in [6, 6.07) is 25.7. The molecule has 1 aliphatic rings. The summed E-state index contributed by atoms with van der Waals surface area (Å²) in [6.45, 7) is 1.01. The van der Waals surface area contributed by atoms with E-state index in [4.69, 9.17) is 10.5 Å². The molecule has 6 nitrogen and oxygen atoms in total.